The molecule has 4 atom stereocenters. The minimum atomic E-state index is -1.43. The summed E-state index contributed by atoms with van der Waals surface area (Å²) in [4.78, 5) is 0. The normalized spacial score (nSPS) is 20.8. The summed E-state index contributed by atoms with van der Waals surface area (Å²) in [6.45, 7) is 0.116. The summed E-state index contributed by atoms with van der Waals surface area (Å²) in [6.07, 6.45) is -5.08. The summed E-state index contributed by atoms with van der Waals surface area (Å²) in [7, 11) is 0. The Kier molecular flexibility index (Phi) is 6.13. The summed E-state index contributed by atoms with van der Waals surface area (Å²) in [5.41, 5.74) is 0. The molecule has 0 saturated carbocycles. The summed E-state index contributed by atoms with van der Waals surface area (Å²) < 4.78 is 4.67. The van der Waals surface area contributed by atoms with Gasteiger partial charge < -0.3 is 30.3 Å². The molecule has 0 rings (SSSR count). The van der Waals surface area contributed by atoms with E-state index in [-0.39, 0.29) is 0 Å². The van der Waals surface area contributed by atoms with E-state index < -0.39 is 37.8 Å². The van der Waals surface area contributed by atoms with E-state index in [0.717, 1.165) is 0 Å². The fraction of sp³-hybridized carbons (Fsp3) is 1.00. The fourth-order valence-electron chi connectivity index (χ4n) is 0.840. The number of rotatable bonds is 6. The average molecular weight is 196 g/mol. The lowest BCUT2D eigenvalue weighted by Gasteiger charge is -2.25. The molecule has 3 unspecified atom stereocenters. The summed E-state index contributed by atoms with van der Waals surface area (Å²) in [5, 5.41) is 44.1. The second-order valence-corrected chi connectivity index (χ2v) is 2.70. The third-order valence-electron chi connectivity index (χ3n) is 1.51. The zero-order valence-electron chi connectivity index (χ0n) is 7.37. The molecule has 80 valence electrons. The van der Waals surface area contributed by atoms with Crippen molar-refractivity contribution in [2.45, 2.75) is 31.5 Å². The second-order valence-electron chi connectivity index (χ2n) is 2.70. The standard InChI is InChI=1S/C7H16O6/c1-4(10)13-6(3-9)7(12)5(11)2-8/h4-12H,2-3H2,1H3/t4?,5?,6?,7-/m1/s1. The van der Waals surface area contributed by atoms with Crippen LogP contribution in [0.15, 0.2) is 0 Å². The molecule has 0 aromatic carbocycles. The van der Waals surface area contributed by atoms with Gasteiger partial charge in [-0.3, -0.25) is 0 Å². The second kappa shape index (κ2) is 6.25. The molecule has 0 aromatic rings. The van der Waals surface area contributed by atoms with Crippen molar-refractivity contribution in [2.75, 3.05) is 13.2 Å². The number of hydrogen-bond acceptors (Lipinski definition) is 6. The van der Waals surface area contributed by atoms with Crippen LogP contribution in [0.4, 0.5) is 0 Å². The van der Waals surface area contributed by atoms with Gasteiger partial charge >= 0.3 is 0 Å². The van der Waals surface area contributed by atoms with Crippen LogP contribution in [0.1, 0.15) is 6.92 Å². The van der Waals surface area contributed by atoms with Gasteiger partial charge in [-0.2, -0.15) is 0 Å². The quantitative estimate of drug-likeness (QED) is 0.298. The molecule has 6 nitrogen and oxygen atoms in total. The van der Waals surface area contributed by atoms with E-state index in [1.807, 2.05) is 0 Å². The van der Waals surface area contributed by atoms with Crippen LogP contribution in [0.5, 0.6) is 0 Å². The molecule has 13 heavy (non-hydrogen) atoms. The Hall–Kier alpha value is -0.240. The highest BCUT2D eigenvalue weighted by Gasteiger charge is 2.27. The maximum Gasteiger partial charge on any atom is 0.152 e. The first-order valence-corrected chi connectivity index (χ1v) is 3.94. The summed E-state index contributed by atoms with van der Waals surface area (Å²) in [6, 6.07) is 0. The predicted octanol–water partition coefficient (Wildman–Crippen LogP) is -2.58. The van der Waals surface area contributed by atoms with Crippen molar-refractivity contribution in [3.05, 3.63) is 0 Å². The van der Waals surface area contributed by atoms with E-state index in [0.29, 0.717) is 0 Å². The fourth-order valence-corrected chi connectivity index (χ4v) is 0.840. The van der Waals surface area contributed by atoms with Crippen LogP contribution in [-0.2, 0) is 4.74 Å². The molecule has 0 fully saturated rings. The van der Waals surface area contributed by atoms with Gasteiger partial charge in [-0.05, 0) is 6.92 Å². The zero-order valence-corrected chi connectivity index (χ0v) is 7.37. The van der Waals surface area contributed by atoms with Crippen LogP contribution in [0.25, 0.3) is 0 Å². The van der Waals surface area contributed by atoms with Gasteiger partial charge in [-0.1, -0.05) is 0 Å². The third kappa shape index (κ3) is 4.51. The Balaban J connectivity index is 4.05. The van der Waals surface area contributed by atoms with E-state index in [1.54, 1.807) is 0 Å². The van der Waals surface area contributed by atoms with Gasteiger partial charge in [0.1, 0.15) is 18.3 Å². The molecule has 0 aliphatic rings. The van der Waals surface area contributed by atoms with Gasteiger partial charge in [0.15, 0.2) is 6.29 Å². The van der Waals surface area contributed by atoms with Crippen molar-refractivity contribution in [2.24, 2.45) is 0 Å². The molecular weight excluding hydrogens is 180 g/mol. The largest absolute Gasteiger partial charge is 0.394 e. The van der Waals surface area contributed by atoms with Crippen LogP contribution in [0.2, 0.25) is 0 Å². The van der Waals surface area contributed by atoms with Crippen LogP contribution in [-0.4, -0.2) is 63.3 Å². The molecule has 0 heterocycles. The Morgan fingerprint density at radius 1 is 1.08 bits per heavy atom. The molecule has 0 bridgehead atoms. The first-order chi connectivity index (χ1) is 6.02. The van der Waals surface area contributed by atoms with Gasteiger partial charge in [-0.25, -0.2) is 0 Å². The van der Waals surface area contributed by atoms with Gasteiger partial charge in [0, 0.05) is 0 Å². The molecule has 0 aliphatic heterocycles. The molecule has 0 spiro atoms. The summed E-state index contributed by atoms with van der Waals surface area (Å²) >= 11 is 0. The number of aliphatic hydroxyl groups is 5. The molecule has 0 amide bonds. The minimum absolute atomic E-state index is 0.552. The molecular formula is C7H16O6. The zero-order chi connectivity index (χ0) is 10.4. The van der Waals surface area contributed by atoms with Crippen molar-refractivity contribution >= 4 is 0 Å². The smallest absolute Gasteiger partial charge is 0.152 e. The van der Waals surface area contributed by atoms with Crippen molar-refractivity contribution < 1.29 is 30.3 Å². The van der Waals surface area contributed by atoms with Crippen LogP contribution in [0.3, 0.4) is 0 Å². The summed E-state index contributed by atoms with van der Waals surface area (Å²) in [5.74, 6) is 0. The third-order valence-corrected chi connectivity index (χ3v) is 1.51. The van der Waals surface area contributed by atoms with E-state index in [1.165, 1.54) is 6.92 Å². The molecule has 0 aliphatic carbocycles. The van der Waals surface area contributed by atoms with Crippen molar-refractivity contribution in [3.8, 4) is 0 Å². The first kappa shape index (κ1) is 12.8. The van der Waals surface area contributed by atoms with Crippen molar-refractivity contribution in [3.63, 3.8) is 0 Å². The predicted molar refractivity (Wildman–Crippen MR) is 42.7 cm³/mol. The lowest BCUT2D eigenvalue weighted by molar-refractivity contribution is -0.186. The Morgan fingerprint density at radius 2 is 1.62 bits per heavy atom. The van der Waals surface area contributed by atoms with E-state index in [2.05, 4.69) is 4.74 Å². The Morgan fingerprint density at radius 3 is 1.92 bits per heavy atom. The molecule has 0 saturated heterocycles. The number of ether oxygens (including phenoxy) is 1. The van der Waals surface area contributed by atoms with Crippen LogP contribution in [0, 0.1) is 0 Å². The monoisotopic (exact) mass is 196 g/mol. The lowest BCUT2D eigenvalue weighted by Crippen LogP contribution is -2.44. The molecule has 6 heteroatoms. The highest BCUT2D eigenvalue weighted by Crippen LogP contribution is 2.05. The molecule has 5 N–H and O–H groups in total. The number of hydrogen-bond donors (Lipinski definition) is 5. The highest BCUT2D eigenvalue weighted by atomic mass is 16.6. The van der Waals surface area contributed by atoms with Gasteiger partial charge in [0.25, 0.3) is 0 Å². The lowest BCUT2D eigenvalue weighted by atomic mass is 10.1. The Labute approximate surface area is 76.0 Å². The Bertz CT molecular complexity index is 128. The minimum Gasteiger partial charge on any atom is -0.394 e. The molecule has 0 radical (unpaired) electrons. The van der Waals surface area contributed by atoms with Crippen molar-refractivity contribution in [1.29, 1.82) is 0 Å². The highest BCUT2D eigenvalue weighted by molar-refractivity contribution is 4.75. The topological polar surface area (TPSA) is 110 Å². The van der Waals surface area contributed by atoms with Gasteiger partial charge in [0.2, 0.25) is 0 Å². The van der Waals surface area contributed by atoms with E-state index in [4.69, 9.17) is 20.4 Å². The first-order valence-electron chi connectivity index (χ1n) is 3.94. The maximum atomic E-state index is 9.22. The van der Waals surface area contributed by atoms with E-state index in [9.17, 15) is 5.11 Å². The SMILES string of the molecule is CC(O)OC(CO)[C@H](O)C(O)CO. The van der Waals surface area contributed by atoms with Crippen LogP contribution < -0.4 is 0 Å². The van der Waals surface area contributed by atoms with Gasteiger partial charge in [-0.15, -0.1) is 0 Å². The molecule has 0 aromatic heterocycles. The average Bonchev–Trinajstić information content (AvgIpc) is 2.11. The van der Waals surface area contributed by atoms with Gasteiger partial charge in [0.05, 0.1) is 13.2 Å². The number of aliphatic hydroxyl groups excluding tert-OH is 5. The maximum absolute atomic E-state index is 9.22. The van der Waals surface area contributed by atoms with Crippen LogP contribution >= 0.6 is 0 Å². The van der Waals surface area contributed by atoms with E-state index >= 15 is 0 Å². The van der Waals surface area contributed by atoms with Crippen molar-refractivity contribution in [1.82, 2.24) is 0 Å².